The Morgan fingerprint density at radius 1 is 1.27 bits per heavy atom. The molecule has 0 aromatic heterocycles. The number of aliphatic hydroxyl groups is 2. The summed E-state index contributed by atoms with van der Waals surface area (Å²) >= 11 is 2.42. The fraction of sp³-hybridized carbons (Fsp3) is 0.870. The number of allylic oxidation sites excluding steroid dienone is 2. The maximum Gasteiger partial charge on any atom is 0.211 e. The van der Waals surface area contributed by atoms with Crippen molar-refractivity contribution in [3.8, 4) is 0 Å². The van der Waals surface area contributed by atoms with Gasteiger partial charge in [0.2, 0.25) is 5.79 Å². The summed E-state index contributed by atoms with van der Waals surface area (Å²) in [6, 6.07) is 0. The number of hydrogen-bond donors (Lipinski definition) is 3. The van der Waals surface area contributed by atoms with Gasteiger partial charge in [-0.15, -0.1) is 0 Å². The molecule has 3 N–H and O–H groups in total. The number of hydrogen-bond acceptors (Lipinski definition) is 6. The smallest absolute Gasteiger partial charge is 0.211 e. The van der Waals surface area contributed by atoms with Gasteiger partial charge in [-0.05, 0) is 44.4 Å². The van der Waals surface area contributed by atoms with Gasteiger partial charge >= 0.3 is 0 Å². The van der Waals surface area contributed by atoms with E-state index in [1.165, 1.54) is 0 Å². The zero-order chi connectivity index (χ0) is 21.5. The topological polar surface area (TPSA) is 97.9 Å². The molecule has 6 rings (SSSR count). The second kappa shape index (κ2) is 5.53. The summed E-state index contributed by atoms with van der Waals surface area (Å²) in [5.41, 5.74) is -2.51. The summed E-state index contributed by atoms with van der Waals surface area (Å²) in [5, 5.41) is 27.7. The fourth-order valence-electron chi connectivity index (χ4n) is 8.71. The molecule has 6 nitrogen and oxygen atoms in total. The predicted octanol–water partition coefficient (Wildman–Crippen LogP) is 2.16. The molecule has 2 heterocycles. The van der Waals surface area contributed by atoms with Crippen molar-refractivity contribution in [2.24, 2.45) is 34.0 Å². The first kappa shape index (κ1) is 20.5. The number of Topliss-reactive ketones (excluding diaryl/α,β-unsaturated/α-hetero) is 1. The van der Waals surface area contributed by atoms with E-state index in [0.717, 1.165) is 23.7 Å². The van der Waals surface area contributed by atoms with Crippen molar-refractivity contribution in [1.29, 1.82) is 0 Å². The van der Waals surface area contributed by atoms with Crippen LogP contribution in [0.25, 0.3) is 0 Å². The first-order chi connectivity index (χ1) is 13.9. The minimum Gasteiger partial charge on any atom is -0.387 e. The van der Waals surface area contributed by atoms with E-state index >= 15 is 0 Å². The molecule has 9 atom stereocenters. The number of nitrogens with one attached hydrogen (secondary N) is 1. The molecule has 5 fully saturated rings. The number of ketones is 1. The number of aliphatic hydroxyl groups excluding tert-OH is 1. The normalized spacial score (nSPS) is 59.0. The number of halogens is 1. The van der Waals surface area contributed by atoms with Gasteiger partial charge in [0.15, 0.2) is 11.6 Å². The van der Waals surface area contributed by atoms with E-state index in [9.17, 15) is 15.0 Å². The molecule has 6 aliphatic rings. The summed E-state index contributed by atoms with van der Waals surface area (Å²) < 4.78 is 13.5. The van der Waals surface area contributed by atoms with Gasteiger partial charge in [-0.25, -0.2) is 0 Å². The Labute approximate surface area is 191 Å². The molecule has 2 spiro atoms. The van der Waals surface area contributed by atoms with Crippen LogP contribution in [0.1, 0.15) is 47.0 Å². The lowest BCUT2D eigenvalue weighted by Crippen LogP contribution is -2.82. The van der Waals surface area contributed by atoms with Gasteiger partial charge in [-0.3, -0.25) is 4.79 Å². The number of rotatable bonds is 1. The summed E-state index contributed by atoms with van der Waals surface area (Å²) in [7, 11) is 0. The van der Waals surface area contributed by atoms with Crippen LogP contribution >= 0.6 is 22.6 Å². The third-order valence-corrected chi connectivity index (χ3v) is 10.9. The van der Waals surface area contributed by atoms with Crippen LogP contribution in [0, 0.1) is 34.0 Å². The molecule has 30 heavy (non-hydrogen) atoms. The van der Waals surface area contributed by atoms with Gasteiger partial charge < -0.3 is 25.0 Å². The van der Waals surface area contributed by atoms with Crippen molar-refractivity contribution in [3.63, 3.8) is 0 Å². The Bertz CT molecular complexity index is 868. The van der Waals surface area contributed by atoms with Crippen LogP contribution in [0.15, 0.2) is 12.2 Å². The number of alkyl halides is 1. The average molecular weight is 529 g/mol. The molecule has 3 saturated carbocycles. The first-order valence-corrected chi connectivity index (χ1v) is 12.8. The maximum absolute atomic E-state index is 14.3. The number of carbonyl (C=O) groups excluding carboxylic acids is 1. The van der Waals surface area contributed by atoms with Crippen molar-refractivity contribution in [2.75, 3.05) is 11.0 Å². The minimum atomic E-state index is -1.96. The van der Waals surface area contributed by atoms with Gasteiger partial charge in [0, 0.05) is 28.2 Å². The molecule has 0 radical (unpaired) electrons. The highest BCUT2D eigenvalue weighted by atomic mass is 127. The van der Waals surface area contributed by atoms with E-state index in [1.54, 1.807) is 13.8 Å². The average Bonchev–Trinajstić information content (AvgIpc) is 3.43. The van der Waals surface area contributed by atoms with Crippen LogP contribution in [0.3, 0.4) is 0 Å². The van der Waals surface area contributed by atoms with Gasteiger partial charge in [0.25, 0.3) is 0 Å². The predicted molar refractivity (Wildman–Crippen MR) is 118 cm³/mol. The highest BCUT2D eigenvalue weighted by Gasteiger charge is 2.90. The highest BCUT2D eigenvalue weighted by Crippen LogP contribution is 2.76. The zero-order valence-corrected chi connectivity index (χ0v) is 20.2. The Morgan fingerprint density at radius 3 is 2.60 bits per heavy atom. The van der Waals surface area contributed by atoms with E-state index in [1.807, 2.05) is 0 Å². The first-order valence-electron chi connectivity index (χ1n) is 11.2. The van der Waals surface area contributed by atoms with Crippen molar-refractivity contribution >= 4 is 28.4 Å². The summed E-state index contributed by atoms with van der Waals surface area (Å²) in [6.45, 7) is 8.54. The van der Waals surface area contributed by atoms with Crippen molar-refractivity contribution in [1.82, 2.24) is 5.32 Å². The highest BCUT2D eigenvalue weighted by molar-refractivity contribution is 14.1. The molecule has 2 aliphatic heterocycles. The van der Waals surface area contributed by atoms with Crippen LogP contribution in [-0.2, 0) is 14.3 Å². The van der Waals surface area contributed by atoms with Crippen molar-refractivity contribution in [2.45, 2.75) is 76.3 Å². The number of carbonyl (C=O) groups is 1. The van der Waals surface area contributed by atoms with Gasteiger partial charge in [0.1, 0.15) is 11.5 Å². The Kier molecular flexibility index (Phi) is 3.78. The van der Waals surface area contributed by atoms with Crippen LogP contribution in [-0.4, -0.2) is 56.3 Å². The monoisotopic (exact) mass is 529 g/mol. The molecule has 3 unspecified atom stereocenters. The zero-order valence-electron chi connectivity index (χ0n) is 18.1. The quantitative estimate of drug-likeness (QED) is 0.209. The van der Waals surface area contributed by atoms with Crippen LogP contribution in [0.2, 0.25) is 0 Å². The van der Waals surface area contributed by atoms with Crippen molar-refractivity contribution in [3.05, 3.63) is 12.2 Å². The second-order valence-electron chi connectivity index (χ2n) is 11.8. The summed E-state index contributed by atoms with van der Waals surface area (Å²) in [5.74, 6) is -3.38. The van der Waals surface area contributed by atoms with Crippen LogP contribution < -0.4 is 5.32 Å². The van der Waals surface area contributed by atoms with Crippen LogP contribution in [0.4, 0.5) is 0 Å². The minimum absolute atomic E-state index is 0.00371. The standard InChI is InChI=1S/C23H32INO5/c1-18(2)8-5-9-20(10-24)13-7-6-12-16-22(13,17(27)21(12)11-25-21)23(28,15(26)14(18)20)30-19(3,4)29-16/h5,9,12-16,25-26,28H,6-8,10-11H2,1-4H3/t12-,13?,14?,15+,16-,20-,21?,22-,23+/m1/s1. The largest absolute Gasteiger partial charge is 0.387 e. The van der Waals surface area contributed by atoms with Gasteiger partial charge in [-0.1, -0.05) is 48.6 Å². The fourth-order valence-corrected chi connectivity index (χ4v) is 9.97. The molecule has 0 aromatic rings. The molecule has 4 aliphatic carbocycles. The van der Waals surface area contributed by atoms with E-state index in [0.29, 0.717) is 6.54 Å². The Hall–Kier alpha value is -0.0600. The molecular weight excluding hydrogens is 497 g/mol. The lowest BCUT2D eigenvalue weighted by molar-refractivity contribution is -0.486. The van der Waals surface area contributed by atoms with E-state index in [2.05, 4.69) is 53.9 Å². The molecular formula is C23H32INO5. The van der Waals surface area contributed by atoms with E-state index in [-0.39, 0.29) is 34.4 Å². The third kappa shape index (κ3) is 1.91. The molecule has 0 amide bonds. The Balaban J connectivity index is 1.67. The number of ether oxygens (including phenoxy) is 2. The molecule has 166 valence electrons. The van der Waals surface area contributed by atoms with Gasteiger partial charge in [-0.2, -0.15) is 0 Å². The third-order valence-electron chi connectivity index (χ3n) is 9.60. The van der Waals surface area contributed by atoms with Crippen molar-refractivity contribution < 1.29 is 24.5 Å². The molecule has 2 saturated heterocycles. The maximum atomic E-state index is 14.3. The van der Waals surface area contributed by atoms with Gasteiger partial charge in [0.05, 0.1) is 11.6 Å². The SMILES string of the molecule is CC1(C)O[C@@H]2[C@H]3CCC4[C@]5(CI)C=CCC(C)(C)C5[C@H](O)[C@](O)(O1)[C@]42C(=O)C31CN1. The summed E-state index contributed by atoms with van der Waals surface area (Å²) in [4.78, 5) is 14.3. The lowest BCUT2D eigenvalue weighted by Gasteiger charge is -2.71. The number of fused-ring (bicyclic) bond motifs is 3. The molecule has 0 aromatic carbocycles. The molecule has 7 heteroatoms. The Morgan fingerprint density at radius 2 is 1.97 bits per heavy atom. The van der Waals surface area contributed by atoms with E-state index < -0.39 is 34.7 Å². The second-order valence-corrected chi connectivity index (χ2v) is 12.5. The lowest BCUT2D eigenvalue weighted by atomic mass is 9.39. The van der Waals surface area contributed by atoms with Crippen LogP contribution in [0.5, 0.6) is 0 Å². The van der Waals surface area contributed by atoms with E-state index in [4.69, 9.17) is 9.47 Å². The molecule has 2 bridgehead atoms. The summed E-state index contributed by atoms with van der Waals surface area (Å²) in [6.07, 6.45) is 5.40.